The molecule has 0 fully saturated rings. The van der Waals surface area contributed by atoms with Gasteiger partial charge in [-0.05, 0) is 31.5 Å². The summed E-state index contributed by atoms with van der Waals surface area (Å²) in [5.74, 6) is 0.519. The van der Waals surface area contributed by atoms with Crippen molar-refractivity contribution in [2.75, 3.05) is 5.32 Å². The number of thioether (sulfide) groups is 1. The van der Waals surface area contributed by atoms with Crippen molar-refractivity contribution < 1.29 is 4.79 Å². The zero-order valence-corrected chi connectivity index (χ0v) is 13.7. The van der Waals surface area contributed by atoms with E-state index in [0.717, 1.165) is 16.8 Å². The topological polar surface area (TPSA) is 57.8 Å². The molecule has 7 heteroatoms. The van der Waals surface area contributed by atoms with Crippen molar-refractivity contribution in [2.24, 2.45) is 0 Å². The summed E-state index contributed by atoms with van der Waals surface area (Å²) >= 11 is 13.9. The Morgan fingerprint density at radius 2 is 2.10 bits per heavy atom. The Hall–Kier alpha value is -1.17. The Morgan fingerprint density at radius 3 is 2.81 bits per heavy atom. The second kappa shape index (κ2) is 5.55. The summed E-state index contributed by atoms with van der Waals surface area (Å²) in [4.78, 5) is 12.1. The maximum Gasteiger partial charge on any atom is 0.238 e. The van der Waals surface area contributed by atoms with E-state index in [2.05, 4.69) is 15.5 Å². The monoisotopic (exact) mass is 341 g/mol. The molecule has 0 spiro atoms. The third-order valence-electron chi connectivity index (χ3n) is 3.45. The molecule has 0 aliphatic carbocycles. The smallest absolute Gasteiger partial charge is 0.238 e. The summed E-state index contributed by atoms with van der Waals surface area (Å²) in [6, 6.07) is 5.43. The number of nitrogens with zero attached hydrogens (tertiary/aromatic N) is 1. The number of carbonyl (C=O) groups is 1. The Morgan fingerprint density at radius 1 is 1.33 bits per heavy atom. The number of fused-ring (bicyclic) bond motifs is 1. The number of hydrogen-bond donors (Lipinski definition) is 2. The number of hydrogen-bond acceptors (Lipinski definition) is 3. The maximum atomic E-state index is 12.1. The summed E-state index contributed by atoms with van der Waals surface area (Å²) in [6.07, 6.45) is 0. The van der Waals surface area contributed by atoms with E-state index in [-0.39, 0.29) is 16.4 Å². The number of halogens is 2. The van der Waals surface area contributed by atoms with Gasteiger partial charge in [-0.2, -0.15) is 5.10 Å². The molecule has 1 aromatic heterocycles. The van der Waals surface area contributed by atoms with Crippen molar-refractivity contribution in [3.05, 3.63) is 45.1 Å². The normalized spacial score (nSPS) is 21.6. The lowest BCUT2D eigenvalue weighted by Gasteiger charge is -2.19. The fourth-order valence-electron chi connectivity index (χ4n) is 2.35. The van der Waals surface area contributed by atoms with Gasteiger partial charge in [0.15, 0.2) is 5.82 Å². The van der Waals surface area contributed by atoms with Gasteiger partial charge in [0.05, 0.1) is 10.5 Å². The Balaban J connectivity index is 2.15. The maximum absolute atomic E-state index is 12.1. The summed E-state index contributed by atoms with van der Waals surface area (Å²) in [5.41, 5.74) is 2.81. The van der Waals surface area contributed by atoms with E-state index in [0.29, 0.717) is 15.9 Å². The highest BCUT2D eigenvalue weighted by molar-refractivity contribution is 8.01. The summed E-state index contributed by atoms with van der Waals surface area (Å²) < 4.78 is 0. The van der Waals surface area contributed by atoms with Crippen LogP contribution in [0.25, 0.3) is 0 Å². The molecule has 0 radical (unpaired) electrons. The van der Waals surface area contributed by atoms with Gasteiger partial charge >= 0.3 is 0 Å². The molecule has 4 nitrogen and oxygen atoms in total. The average Bonchev–Trinajstić information content (AvgIpc) is 2.71. The van der Waals surface area contributed by atoms with Crippen LogP contribution in [0.5, 0.6) is 0 Å². The van der Waals surface area contributed by atoms with Gasteiger partial charge in [0.25, 0.3) is 0 Å². The lowest BCUT2D eigenvalue weighted by Crippen LogP contribution is -2.21. The second-order valence-electron chi connectivity index (χ2n) is 4.92. The molecule has 1 amide bonds. The number of aromatic amines is 1. The van der Waals surface area contributed by atoms with Crippen LogP contribution >= 0.6 is 35.0 Å². The number of H-pyrrole nitrogens is 1. The van der Waals surface area contributed by atoms with E-state index in [4.69, 9.17) is 23.2 Å². The van der Waals surface area contributed by atoms with Crippen LogP contribution in [0.1, 0.15) is 29.0 Å². The molecule has 3 rings (SSSR count). The molecule has 0 saturated heterocycles. The minimum Gasteiger partial charge on any atom is -0.308 e. The summed E-state index contributed by atoms with van der Waals surface area (Å²) in [7, 11) is 0. The Bertz CT molecular complexity index is 716. The van der Waals surface area contributed by atoms with E-state index in [9.17, 15) is 4.79 Å². The van der Waals surface area contributed by atoms with Gasteiger partial charge in [-0.3, -0.25) is 9.89 Å². The van der Waals surface area contributed by atoms with Crippen molar-refractivity contribution in [1.82, 2.24) is 10.2 Å². The minimum absolute atomic E-state index is 0.0552. The van der Waals surface area contributed by atoms with E-state index < -0.39 is 0 Å². The number of aromatic nitrogens is 2. The molecule has 1 aliphatic heterocycles. The molecule has 1 aliphatic rings. The summed E-state index contributed by atoms with van der Waals surface area (Å²) in [6.45, 7) is 3.81. The Kier molecular flexibility index (Phi) is 3.90. The third kappa shape index (κ3) is 2.65. The number of nitrogens with one attached hydrogen (secondary N) is 2. The predicted molar refractivity (Wildman–Crippen MR) is 87.3 cm³/mol. The first-order valence-corrected chi connectivity index (χ1v) is 8.13. The lowest BCUT2D eigenvalue weighted by molar-refractivity contribution is -0.115. The first-order valence-electron chi connectivity index (χ1n) is 6.43. The molecule has 0 saturated carbocycles. The zero-order valence-electron chi connectivity index (χ0n) is 11.4. The van der Waals surface area contributed by atoms with Gasteiger partial charge in [0.2, 0.25) is 5.91 Å². The molecule has 1 aromatic carbocycles. The van der Waals surface area contributed by atoms with Crippen molar-refractivity contribution in [2.45, 2.75) is 24.3 Å². The molecule has 110 valence electrons. The highest BCUT2D eigenvalue weighted by Crippen LogP contribution is 2.46. The van der Waals surface area contributed by atoms with Crippen LogP contribution < -0.4 is 5.32 Å². The standard InChI is InChI=1S/C14H13Cl2N3OS/c1-6-11-12(9-4-3-8(15)5-10(9)16)21-7(2)14(20)17-13(11)19-18-6/h3-5,7,12H,1-2H3,(H2,17,18,19,20). The number of carbonyl (C=O) groups excluding carboxylic acids is 1. The van der Waals surface area contributed by atoms with Gasteiger partial charge in [-0.15, -0.1) is 11.8 Å². The highest BCUT2D eigenvalue weighted by atomic mass is 35.5. The van der Waals surface area contributed by atoms with Crippen LogP contribution in [0.2, 0.25) is 10.0 Å². The largest absolute Gasteiger partial charge is 0.308 e. The molecular formula is C14H13Cl2N3OS. The summed E-state index contributed by atoms with van der Waals surface area (Å²) in [5, 5.41) is 10.9. The van der Waals surface area contributed by atoms with Gasteiger partial charge in [-0.1, -0.05) is 29.3 Å². The van der Waals surface area contributed by atoms with Crippen LogP contribution in [0.3, 0.4) is 0 Å². The van der Waals surface area contributed by atoms with Gasteiger partial charge in [0.1, 0.15) is 0 Å². The van der Waals surface area contributed by atoms with Crippen LogP contribution in [-0.4, -0.2) is 21.4 Å². The number of amides is 1. The van der Waals surface area contributed by atoms with Crippen LogP contribution in [0.4, 0.5) is 5.82 Å². The number of anilines is 1. The van der Waals surface area contributed by atoms with Crippen molar-refractivity contribution in [3.8, 4) is 0 Å². The lowest BCUT2D eigenvalue weighted by atomic mass is 10.0. The Labute approximate surface area is 136 Å². The number of rotatable bonds is 1. The van der Waals surface area contributed by atoms with Gasteiger partial charge < -0.3 is 5.32 Å². The fraction of sp³-hybridized carbons (Fsp3) is 0.286. The highest BCUT2D eigenvalue weighted by Gasteiger charge is 2.33. The quantitative estimate of drug-likeness (QED) is 0.817. The SMILES string of the molecule is Cc1[nH]nc2c1C(c1ccc(Cl)cc1Cl)SC(C)C(=O)N2. The first-order chi connectivity index (χ1) is 9.97. The number of benzene rings is 1. The van der Waals surface area contributed by atoms with E-state index in [1.165, 1.54) is 0 Å². The predicted octanol–water partition coefficient (Wildman–Crippen LogP) is 4.19. The van der Waals surface area contributed by atoms with Crippen molar-refractivity contribution in [1.29, 1.82) is 0 Å². The molecule has 2 N–H and O–H groups in total. The molecule has 2 heterocycles. The number of aryl methyl sites for hydroxylation is 1. The van der Waals surface area contributed by atoms with Crippen LogP contribution in [0, 0.1) is 6.92 Å². The van der Waals surface area contributed by atoms with Gasteiger partial charge in [-0.25, -0.2) is 0 Å². The molecule has 2 aromatic rings. The van der Waals surface area contributed by atoms with Gasteiger partial charge in [0, 0.05) is 21.3 Å². The molecule has 2 unspecified atom stereocenters. The molecule has 21 heavy (non-hydrogen) atoms. The fourth-order valence-corrected chi connectivity index (χ4v) is 4.30. The van der Waals surface area contributed by atoms with E-state index in [1.807, 2.05) is 26.0 Å². The zero-order chi connectivity index (χ0) is 15.1. The van der Waals surface area contributed by atoms with Crippen molar-refractivity contribution in [3.63, 3.8) is 0 Å². The molecular weight excluding hydrogens is 329 g/mol. The average molecular weight is 342 g/mol. The molecule has 2 atom stereocenters. The third-order valence-corrected chi connectivity index (χ3v) is 5.40. The van der Waals surface area contributed by atoms with E-state index >= 15 is 0 Å². The van der Waals surface area contributed by atoms with Crippen LogP contribution in [0.15, 0.2) is 18.2 Å². The van der Waals surface area contributed by atoms with Crippen molar-refractivity contribution >= 4 is 46.7 Å². The van der Waals surface area contributed by atoms with E-state index in [1.54, 1.807) is 17.8 Å². The first kappa shape index (κ1) is 14.8. The minimum atomic E-state index is -0.199. The second-order valence-corrected chi connectivity index (χ2v) is 7.22. The molecule has 0 bridgehead atoms. The van der Waals surface area contributed by atoms with Crippen LogP contribution in [-0.2, 0) is 4.79 Å².